The Labute approximate surface area is 74.3 Å². The summed E-state index contributed by atoms with van der Waals surface area (Å²) < 4.78 is 0. The summed E-state index contributed by atoms with van der Waals surface area (Å²) in [5, 5.41) is 0. The second-order valence-electron chi connectivity index (χ2n) is 4.24. The van der Waals surface area contributed by atoms with Crippen LogP contribution in [0.25, 0.3) is 0 Å². The molecule has 0 spiro atoms. The lowest BCUT2D eigenvalue weighted by Gasteiger charge is -2.33. The van der Waals surface area contributed by atoms with Gasteiger partial charge in [0.05, 0.1) is 0 Å². The van der Waals surface area contributed by atoms with Crippen LogP contribution >= 0.6 is 0 Å². The first-order valence-corrected chi connectivity index (χ1v) is 4.44. The van der Waals surface area contributed by atoms with Crippen LogP contribution in [0.15, 0.2) is 0 Å². The standard InChI is InChI=1S/C9H18N2O/c1-9(2)6-5-7-11(9)8(12)10(3)4/h5-7H2,1-4H3. The van der Waals surface area contributed by atoms with Gasteiger partial charge in [0.15, 0.2) is 0 Å². The molecule has 0 aromatic carbocycles. The predicted molar refractivity (Wildman–Crippen MR) is 49.1 cm³/mol. The van der Waals surface area contributed by atoms with Gasteiger partial charge in [0.25, 0.3) is 0 Å². The van der Waals surface area contributed by atoms with Gasteiger partial charge in [0, 0.05) is 26.2 Å². The third-order valence-corrected chi connectivity index (χ3v) is 2.51. The Morgan fingerprint density at radius 1 is 1.42 bits per heavy atom. The van der Waals surface area contributed by atoms with Crippen molar-refractivity contribution in [3.63, 3.8) is 0 Å². The van der Waals surface area contributed by atoms with E-state index >= 15 is 0 Å². The number of hydrogen-bond donors (Lipinski definition) is 0. The molecular weight excluding hydrogens is 152 g/mol. The van der Waals surface area contributed by atoms with Gasteiger partial charge in [0.2, 0.25) is 0 Å². The first-order chi connectivity index (χ1) is 5.45. The van der Waals surface area contributed by atoms with E-state index in [-0.39, 0.29) is 11.6 Å². The van der Waals surface area contributed by atoms with Crippen molar-refractivity contribution >= 4 is 6.03 Å². The van der Waals surface area contributed by atoms with Crippen LogP contribution in [0.4, 0.5) is 4.79 Å². The number of likely N-dealkylation sites (tertiary alicyclic amines) is 1. The summed E-state index contributed by atoms with van der Waals surface area (Å²) in [6.45, 7) is 5.16. The van der Waals surface area contributed by atoms with Crippen molar-refractivity contribution in [1.82, 2.24) is 9.80 Å². The Bertz CT molecular complexity index is 187. The lowest BCUT2D eigenvalue weighted by Crippen LogP contribution is -2.47. The summed E-state index contributed by atoms with van der Waals surface area (Å²) in [4.78, 5) is 15.2. The van der Waals surface area contributed by atoms with Crippen LogP contribution in [-0.4, -0.2) is 42.0 Å². The minimum Gasteiger partial charge on any atom is -0.331 e. The molecule has 1 saturated heterocycles. The second kappa shape index (κ2) is 2.96. The largest absolute Gasteiger partial charge is 0.331 e. The zero-order valence-corrected chi connectivity index (χ0v) is 8.42. The highest BCUT2D eigenvalue weighted by Crippen LogP contribution is 2.28. The molecule has 70 valence electrons. The maximum absolute atomic E-state index is 11.6. The van der Waals surface area contributed by atoms with E-state index in [9.17, 15) is 4.79 Å². The lowest BCUT2D eigenvalue weighted by molar-refractivity contribution is 0.141. The average Bonchev–Trinajstić information content (AvgIpc) is 2.27. The topological polar surface area (TPSA) is 23.6 Å². The first-order valence-electron chi connectivity index (χ1n) is 4.44. The van der Waals surface area contributed by atoms with Crippen LogP contribution < -0.4 is 0 Å². The fraction of sp³-hybridized carbons (Fsp3) is 0.889. The molecule has 2 amide bonds. The Hall–Kier alpha value is -0.730. The number of rotatable bonds is 0. The van der Waals surface area contributed by atoms with Crippen molar-refractivity contribution in [2.45, 2.75) is 32.2 Å². The second-order valence-corrected chi connectivity index (χ2v) is 4.24. The predicted octanol–water partition coefficient (Wildman–Crippen LogP) is 1.54. The molecule has 0 aromatic heterocycles. The van der Waals surface area contributed by atoms with E-state index in [1.165, 1.54) is 0 Å². The van der Waals surface area contributed by atoms with E-state index < -0.39 is 0 Å². The summed E-state index contributed by atoms with van der Waals surface area (Å²) in [6, 6.07) is 0.137. The van der Waals surface area contributed by atoms with Gasteiger partial charge in [0.1, 0.15) is 0 Å². The van der Waals surface area contributed by atoms with Crippen LogP contribution in [0.2, 0.25) is 0 Å². The van der Waals surface area contributed by atoms with E-state index in [4.69, 9.17) is 0 Å². The van der Waals surface area contributed by atoms with E-state index in [0.29, 0.717) is 0 Å². The number of urea groups is 1. The molecule has 1 rings (SSSR count). The monoisotopic (exact) mass is 170 g/mol. The van der Waals surface area contributed by atoms with E-state index in [2.05, 4.69) is 13.8 Å². The first kappa shape index (κ1) is 9.36. The number of hydrogen-bond acceptors (Lipinski definition) is 1. The highest BCUT2D eigenvalue weighted by molar-refractivity contribution is 5.75. The number of carbonyl (C=O) groups is 1. The van der Waals surface area contributed by atoms with Crippen LogP contribution in [0.3, 0.4) is 0 Å². The molecule has 0 radical (unpaired) electrons. The molecule has 1 fully saturated rings. The van der Waals surface area contributed by atoms with Crippen molar-refractivity contribution in [3.05, 3.63) is 0 Å². The van der Waals surface area contributed by atoms with Gasteiger partial charge >= 0.3 is 6.03 Å². The fourth-order valence-corrected chi connectivity index (χ4v) is 1.70. The fourth-order valence-electron chi connectivity index (χ4n) is 1.70. The Morgan fingerprint density at radius 3 is 2.33 bits per heavy atom. The molecule has 12 heavy (non-hydrogen) atoms. The maximum Gasteiger partial charge on any atom is 0.319 e. The van der Waals surface area contributed by atoms with E-state index in [0.717, 1.165) is 19.4 Å². The van der Waals surface area contributed by atoms with Crippen molar-refractivity contribution in [2.75, 3.05) is 20.6 Å². The normalized spacial score (nSPS) is 21.2. The lowest BCUT2D eigenvalue weighted by atomic mass is 10.0. The average molecular weight is 170 g/mol. The Morgan fingerprint density at radius 2 is 2.00 bits per heavy atom. The van der Waals surface area contributed by atoms with Gasteiger partial charge < -0.3 is 9.80 Å². The summed E-state index contributed by atoms with van der Waals surface area (Å²) in [5.74, 6) is 0. The summed E-state index contributed by atoms with van der Waals surface area (Å²) in [7, 11) is 3.60. The van der Waals surface area contributed by atoms with Gasteiger partial charge in [-0.3, -0.25) is 0 Å². The van der Waals surface area contributed by atoms with Gasteiger partial charge in [-0.25, -0.2) is 4.79 Å². The van der Waals surface area contributed by atoms with Crippen molar-refractivity contribution in [2.24, 2.45) is 0 Å². The SMILES string of the molecule is CN(C)C(=O)N1CCCC1(C)C. The maximum atomic E-state index is 11.6. The molecule has 0 saturated carbocycles. The van der Waals surface area contributed by atoms with Crippen LogP contribution in [0.1, 0.15) is 26.7 Å². The van der Waals surface area contributed by atoms with Crippen LogP contribution in [-0.2, 0) is 0 Å². The van der Waals surface area contributed by atoms with Gasteiger partial charge in [-0.2, -0.15) is 0 Å². The van der Waals surface area contributed by atoms with Crippen LogP contribution in [0.5, 0.6) is 0 Å². The summed E-state index contributed by atoms with van der Waals surface area (Å²) >= 11 is 0. The van der Waals surface area contributed by atoms with Gasteiger partial charge in [-0.1, -0.05) is 0 Å². The molecule has 0 aliphatic carbocycles. The zero-order valence-electron chi connectivity index (χ0n) is 8.42. The third-order valence-electron chi connectivity index (χ3n) is 2.51. The van der Waals surface area contributed by atoms with Gasteiger partial charge in [-0.15, -0.1) is 0 Å². The van der Waals surface area contributed by atoms with Gasteiger partial charge in [-0.05, 0) is 26.7 Å². The molecular formula is C9H18N2O. The number of nitrogens with zero attached hydrogens (tertiary/aromatic N) is 2. The Balaban J connectivity index is 2.69. The smallest absolute Gasteiger partial charge is 0.319 e. The van der Waals surface area contributed by atoms with E-state index in [1.807, 2.05) is 4.90 Å². The molecule has 0 unspecified atom stereocenters. The Kier molecular flexibility index (Phi) is 2.31. The third kappa shape index (κ3) is 1.54. The van der Waals surface area contributed by atoms with Crippen LogP contribution in [0, 0.1) is 0 Å². The minimum absolute atomic E-state index is 0.0569. The number of carbonyl (C=O) groups excluding carboxylic acids is 1. The van der Waals surface area contributed by atoms with Crippen molar-refractivity contribution in [1.29, 1.82) is 0 Å². The highest BCUT2D eigenvalue weighted by Gasteiger charge is 2.35. The zero-order chi connectivity index (χ0) is 9.35. The van der Waals surface area contributed by atoms with E-state index in [1.54, 1.807) is 19.0 Å². The quantitative estimate of drug-likeness (QED) is 0.541. The summed E-state index contributed by atoms with van der Waals surface area (Å²) in [6.07, 6.45) is 2.25. The van der Waals surface area contributed by atoms with Crippen molar-refractivity contribution < 1.29 is 4.79 Å². The molecule has 0 bridgehead atoms. The molecule has 3 nitrogen and oxygen atoms in total. The molecule has 0 aromatic rings. The highest BCUT2D eigenvalue weighted by atomic mass is 16.2. The molecule has 0 atom stereocenters. The summed E-state index contributed by atoms with van der Waals surface area (Å²) in [5.41, 5.74) is 0.0569. The molecule has 1 heterocycles. The van der Waals surface area contributed by atoms with Crippen molar-refractivity contribution in [3.8, 4) is 0 Å². The number of amides is 2. The molecule has 1 aliphatic heterocycles. The molecule has 1 aliphatic rings. The minimum atomic E-state index is 0.0569. The molecule has 3 heteroatoms. The molecule has 0 N–H and O–H groups in total.